The molecule has 2 aromatic carbocycles. The smallest absolute Gasteiger partial charge is 0.113 e. The van der Waals surface area contributed by atoms with E-state index in [1.165, 1.54) is 42.0 Å². The number of allylic oxidation sites excluding steroid dienone is 2. The Hall–Kier alpha value is -2.79. The maximum Gasteiger partial charge on any atom is 0.113 e. The van der Waals surface area contributed by atoms with E-state index in [4.69, 9.17) is 6.42 Å². The van der Waals surface area contributed by atoms with Gasteiger partial charge < -0.3 is 4.98 Å². The van der Waals surface area contributed by atoms with Gasteiger partial charge >= 0.3 is 0 Å². The molecule has 3 aromatic rings. The van der Waals surface area contributed by atoms with Crippen LogP contribution in [0.15, 0.2) is 54.2 Å². The molecule has 1 aromatic heterocycles. The summed E-state index contributed by atoms with van der Waals surface area (Å²) in [7, 11) is 0. The molecule has 1 saturated carbocycles. The third-order valence-electron chi connectivity index (χ3n) is 5.53. The monoisotopic (exact) mass is 324 g/mol. The van der Waals surface area contributed by atoms with Crippen LogP contribution in [0.2, 0.25) is 0 Å². The number of benzene rings is 2. The van der Waals surface area contributed by atoms with Crippen LogP contribution in [0.5, 0.6) is 0 Å². The summed E-state index contributed by atoms with van der Waals surface area (Å²) in [6, 6.07) is 12.6. The maximum atomic E-state index is 5.49. The third-order valence-corrected chi connectivity index (χ3v) is 5.53. The van der Waals surface area contributed by atoms with Crippen LogP contribution in [0.1, 0.15) is 43.0 Å². The van der Waals surface area contributed by atoms with E-state index in [2.05, 4.69) is 52.3 Å². The van der Waals surface area contributed by atoms with E-state index in [0.717, 1.165) is 23.0 Å². The minimum absolute atomic E-state index is 0.461. The van der Waals surface area contributed by atoms with Gasteiger partial charge in [-0.05, 0) is 60.6 Å². The summed E-state index contributed by atoms with van der Waals surface area (Å²) in [5.74, 6) is 5.14. The number of aromatic nitrogens is 2. The number of fused-ring (bicyclic) bond motifs is 1. The summed E-state index contributed by atoms with van der Waals surface area (Å²) in [5.41, 5.74) is 4.84. The lowest BCUT2D eigenvalue weighted by Gasteiger charge is -2.04. The molecule has 2 nitrogen and oxygen atoms in total. The molecular formula is C23H20N2. The number of H-pyrrole nitrogens is 1. The van der Waals surface area contributed by atoms with Crippen LogP contribution in [-0.2, 0) is 0 Å². The Balaban J connectivity index is 1.45. The molecule has 5 rings (SSSR count). The highest BCUT2D eigenvalue weighted by atomic mass is 14.9. The van der Waals surface area contributed by atoms with E-state index in [0.29, 0.717) is 5.92 Å². The molecule has 0 aliphatic heterocycles. The van der Waals surface area contributed by atoms with Crippen LogP contribution < -0.4 is 0 Å². The van der Waals surface area contributed by atoms with Crippen LogP contribution in [0.4, 0.5) is 0 Å². The molecule has 0 unspecified atom stereocenters. The molecule has 122 valence electrons. The first-order chi connectivity index (χ1) is 12.3. The Morgan fingerprint density at radius 3 is 2.72 bits per heavy atom. The minimum Gasteiger partial charge on any atom is -0.342 e. The zero-order chi connectivity index (χ0) is 16.8. The Bertz CT molecular complexity index is 1030. The standard InChI is InChI=1S/C23H20N2/c1-2-15-3-4-19-12-20(9-7-17(19)11-15)22-14-24-23(25-22)21-10-8-18(13-21)16-5-6-16/h1,3-4,7,9,11-14,16,21H,5-6,8,10H2,(H,24,25)/t21-/m0/s1. The predicted molar refractivity (Wildman–Crippen MR) is 102 cm³/mol. The summed E-state index contributed by atoms with van der Waals surface area (Å²) in [5, 5.41) is 2.37. The summed E-state index contributed by atoms with van der Waals surface area (Å²) in [4.78, 5) is 8.22. The molecule has 1 heterocycles. The molecule has 2 aliphatic rings. The molecule has 0 amide bonds. The molecule has 0 radical (unpaired) electrons. The van der Waals surface area contributed by atoms with Crippen molar-refractivity contribution in [1.82, 2.24) is 9.97 Å². The summed E-state index contributed by atoms with van der Waals surface area (Å²) in [6.45, 7) is 0. The van der Waals surface area contributed by atoms with Crippen molar-refractivity contribution >= 4 is 10.8 Å². The third kappa shape index (κ3) is 2.66. The van der Waals surface area contributed by atoms with E-state index in [9.17, 15) is 0 Å². The lowest BCUT2D eigenvalue weighted by Crippen LogP contribution is -1.93. The van der Waals surface area contributed by atoms with Gasteiger partial charge in [0, 0.05) is 17.0 Å². The van der Waals surface area contributed by atoms with E-state index in [-0.39, 0.29) is 0 Å². The lowest BCUT2D eigenvalue weighted by molar-refractivity contribution is 0.740. The van der Waals surface area contributed by atoms with Crippen molar-refractivity contribution in [3.8, 4) is 23.6 Å². The fourth-order valence-electron chi connectivity index (χ4n) is 3.93. The van der Waals surface area contributed by atoms with Gasteiger partial charge in [0.15, 0.2) is 0 Å². The summed E-state index contributed by atoms with van der Waals surface area (Å²) in [6.07, 6.45) is 15.1. The van der Waals surface area contributed by atoms with E-state index >= 15 is 0 Å². The molecule has 2 aliphatic carbocycles. The van der Waals surface area contributed by atoms with Crippen molar-refractivity contribution < 1.29 is 0 Å². The van der Waals surface area contributed by atoms with E-state index in [1.807, 2.05) is 12.3 Å². The van der Waals surface area contributed by atoms with Gasteiger partial charge in [0.25, 0.3) is 0 Å². The average Bonchev–Trinajstić information content (AvgIpc) is 3.19. The maximum absolute atomic E-state index is 5.49. The van der Waals surface area contributed by atoms with Crippen LogP contribution in [0.3, 0.4) is 0 Å². The van der Waals surface area contributed by atoms with Gasteiger partial charge in [-0.15, -0.1) is 6.42 Å². The van der Waals surface area contributed by atoms with Crippen molar-refractivity contribution in [1.29, 1.82) is 0 Å². The number of terminal acetylenes is 1. The Morgan fingerprint density at radius 1 is 1.04 bits per heavy atom. The zero-order valence-corrected chi connectivity index (χ0v) is 14.1. The number of nitrogens with zero attached hydrogens (tertiary/aromatic N) is 1. The van der Waals surface area contributed by atoms with Gasteiger partial charge in [0.2, 0.25) is 0 Å². The molecule has 0 bridgehead atoms. The highest BCUT2D eigenvalue weighted by Gasteiger charge is 2.31. The molecule has 0 spiro atoms. The molecule has 1 atom stereocenters. The van der Waals surface area contributed by atoms with Crippen LogP contribution in [0, 0.1) is 18.3 Å². The molecular weight excluding hydrogens is 304 g/mol. The second-order valence-corrected chi connectivity index (χ2v) is 7.26. The topological polar surface area (TPSA) is 28.7 Å². The Morgan fingerprint density at radius 2 is 1.88 bits per heavy atom. The molecule has 2 heteroatoms. The van der Waals surface area contributed by atoms with Gasteiger partial charge in [0.05, 0.1) is 11.9 Å². The van der Waals surface area contributed by atoms with Crippen molar-refractivity contribution in [3.05, 3.63) is 65.6 Å². The first-order valence-electron chi connectivity index (χ1n) is 9.06. The summed E-state index contributed by atoms with van der Waals surface area (Å²) < 4.78 is 0. The van der Waals surface area contributed by atoms with Crippen molar-refractivity contribution in [3.63, 3.8) is 0 Å². The fraction of sp³-hybridized carbons (Fsp3) is 0.261. The lowest BCUT2D eigenvalue weighted by atomic mass is 10.0. The van der Waals surface area contributed by atoms with Crippen LogP contribution in [0.25, 0.3) is 22.0 Å². The normalized spacial score (nSPS) is 19.8. The van der Waals surface area contributed by atoms with Gasteiger partial charge in [-0.25, -0.2) is 4.98 Å². The van der Waals surface area contributed by atoms with Crippen LogP contribution >= 0.6 is 0 Å². The first kappa shape index (κ1) is 14.5. The van der Waals surface area contributed by atoms with Gasteiger partial charge in [0.1, 0.15) is 5.82 Å². The second kappa shape index (κ2) is 5.63. The number of rotatable bonds is 3. The van der Waals surface area contributed by atoms with E-state index in [1.54, 1.807) is 5.57 Å². The molecule has 1 N–H and O–H groups in total. The SMILES string of the molecule is C#Cc1ccc2cc(-c3cnc([C@@H]4C=C(C5CC5)CC4)[nH]3)ccc2c1. The van der Waals surface area contributed by atoms with Crippen LogP contribution in [-0.4, -0.2) is 9.97 Å². The molecule has 1 fully saturated rings. The molecule has 0 saturated heterocycles. The average molecular weight is 324 g/mol. The van der Waals surface area contributed by atoms with Crippen molar-refractivity contribution in [2.45, 2.75) is 31.6 Å². The predicted octanol–water partition coefficient (Wildman–Crippen LogP) is 5.43. The van der Waals surface area contributed by atoms with Crippen molar-refractivity contribution in [2.75, 3.05) is 0 Å². The van der Waals surface area contributed by atoms with Crippen molar-refractivity contribution in [2.24, 2.45) is 5.92 Å². The number of nitrogens with one attached hydrogen (secondary N) is 1. The number of hydrogen-bond donors (Lipinski definition) is 1. The quantitative estimate of drug-likeness (QED) is 0.505. The Kier molecular flexibility index (Phi) is 3.28. The molecule has 25 heavy (non-hydrogen) atoms. The van der Waals surface area contributed by atoms with Gasteiger partial charge in [-0.1, -0.05) is 35.8 Å². The fourth-order valence-corrected chi connectivity index (χ4v) is 3.93. The summed E-state index contributed by atoms with van der Waals surface area (Å²) >= 11 is 0. The second-order valence-electron chi connectivity index (χ2n) is 7.26. The minimum atomic E-state index is 0.461. The van der Waals surface area contributed by atoms with Gasteiger partial charge in [-0.3, -0.25) is 0 Å². The number of imidazole rings is 1. The largest absolute Gasteiger partial charge is 0.342 e. The number of hydrogen-bond acceptors (Lipinski definition) is 1. The Labute approximate surface area is 148 Å². The van der Waals surface area contributed by atoms with E-state index < -0.39 is 0 Å². The number of aromatic amines is 1. The highest BCUT2D eigenvalue weighted by molar-refractivity contribution is 5.87. The highest BCUT2D eigenvalue weighted by Crippen LogP contribution is 2.45. The zero-order valence-electron chi connectivity index (χ0n) is 14.1. The van der Waals surface area contributed by atoms with Gasteiger partial charge in [-0.2, -0.15) is 0 Å². The first-order valence-corrected chi connectivity index (χ1v) is 9.06.